The van der Waals surface area contributed by atoms with Gasteiger partial charge in [-0.25, -0.2) is 4.98 Å². The van der Waals surface area contributed by atoms with Gasteiger partial charge in [-0.1, -0.05) is 0 Å². The van der Waals surface area contributed by atoms with Crippen LogP contribution in [0.1, 0.15) is 12.5 Å². The molecule has 0 fully saturated rings. The van der Waals surface area contributed by atoms with Gasteiger partial charge in [-0.15, -0.1) is 11.3 Å². The molecular formula is C10H11NO2S. The number of hydrogen-bond donors (Lipinski definition) is 1. The van der Waals surface area contributed by atoms with Crippen molar-refractivity contribution < 1.29 is 9.84 Å². The Morgan fingerprint density at radius 1 is 1.57 bits per heavy atom. The normalized spacial score (nSPS) is 10.7. The van der Waals surface area contributed by atoms with E-state index in [1.165, 1.54) is 11.3 Å². The average Bonchev–Trinajstić information content (AvgIpc) is 2.49. The molecule has 2 rings (SSSR count). The Kier molecular flexibility index (Phi) is 2.29. The van der Waals surface area contributed by atoms with E-state index in [-0.39, 0.29) is 5.75 Å². The predicted molar refractivity (Wildman–Crippen MR) is 57.2 cm³/mol. The number of pyridine rings is 1. The van der Waals surface area contributed by atoms with E-state index in [0.717, 1.165) is 15.8 Å². The van der Waals surface area contributed by atoms with Gasteiger partial charge in [0, 0.05) is 6.07 Å². The highest BCUT2D eigenvalue weighted by Crippen LogP contribution is 2.33. The Morgan fingerprint density at radius 3 is 3.07 bits per heavy atom. The second-order valence-corrected chi connectivity index (χ2v) is 3.89. The van der Waals surface area contributed by atoms with E-state index >= 15 is 0 Å². The second-order valence-electron chi connectivity index (χ2n) is 3.01. The van der Waals surface area contributed by atoms with Gasteiger partial charge in [0.25, 0.3) is 0 Å². The van der Waals surface area contributed by atoms with Crippen LogP contribution in [0, 0.1) is 6.92 Å². The van der Waals surface area contributed by atoms with Gasteiger partial charge in [0.15, 0.2) is 0 Å². The molecular weight excluding hydrogens is 198 g/mol. The lowest BCUT2D eigenvalue weighted by Crippen LogP contribution is -1.94. The van der Waals surface area contributed by atoms with Crippen molar-refractivity contribution in [1.29, 1.82) is 0 Å². The lowest BCUT2D eigenvalue weighted by atomic mass is 10.3. The number of aromatic nitrogens is 1. The Balaban J connectivity index is 2.63. The number of fused-ring (bicyclic) bond motifs is 1. The van der Waals surface area contributed by atoms with Crippen LogP contribution in [0.15, 0.2) is 11.4 Å². The van der Waals surface area contributed by atoms with Crippen LogP contribution >= 0.6 is 11.3 Å². The topological polar surface area (TPSA) is 42.4 Å². The molecule has 0 bridgehead atoms. The molecule has 2 heterocycles. The molecule has 1 N–H and O–H groups in total. The summed E-state index contributed by atoms with van der Waals surface area (Å²) in [7, 11) is 0. The Bertz CT molecular complexity index is 464. The Labute approximate surface area is 86.0 Å². The van der Waals surface area contributed by atoms with Crippen molar-refractivity contribution in [2.75, 3.05) is 6.61 Å². The van der Waals surface area contributed by atoms with Gasteiger partial charge in [-0.3, -0.25) is 0 Å². The van der Waals surface area contributed by atoms with Gasteiger partial charge in [0.1, 0.15) is 5.75 Å². The minimum atomic E-state index is 0.247. The molecule has 0 aliphatic carbocycles. The van der Waals surface area contributed by atoms with Crippen molar-refractivity contribution in [3.05, 3.63) is 17.0 Å². The van der Waals surface area contributed by atoms with Crippen molar-refractivity contribution in [1.82, 2.24) is 4.98 Å². The monoisotopic (exact) mass is 209 g/mol. The lowest BCUT2D eigenvalue weighted by Gasteiger charge is -2.03. The standard InChI is InChI=1S/C10H11NO2S/c1-3-13-8-4-7(12)10-9(11-8)6(2)5-14-10/h4-5H,3H2,1-2H3,(H,11,12). The quantitative estimate of drug-likeness (QED) is 0.826. The molecule has 14 heavy (non-hydrogen) atoms. The molecule has 3 nitrogen and oxygen atoms in total. The van der Waals surface area contributed by atoms with E-state index in [0.29, 0.717) is 12.5 Å². The molecule has 0 amide bonds. The summed E-state index contributed by atoms with van der Waals surface area (Å²) in [6.07, 6.45) is 0. The Hall–Kier alpha value is -1.29. The van der Waals surface area contributed by atoms with Gasteiger partial charge >= 0.3 is 0 Å². The number of thiophene rings is 1. The first-order chi connectivity index (χ1) is 6.72. The Morgan fingerprint density at radius 2 is 2.36 bits per heavy atom. The van der Waals surface area contributed by atoms with Gasteiger partial charge in [0.2, 0.25) is 5.88 Å². The average molecular weight is 209 g/mol. The number of ether oxygens (including phenoxy) is 1. The number of rotatable bonds is 2. The molecule has 0 saturated heterocycles. The summed E-state index contributed by atoms with van der Waals surface area (Å²) in [5, 5.41) is 11.7. The summed E-state index contributed by atoms with van der Waals surface area (Å²) < 4.78 is 6.08. The fourth-order valence-corrected chi connectivity index (χ4v) is 2.21. The van der Waals surface area contributed by atoms with Crippen LogP contribution in [-0.2, 0) is 0 Å². The van der Waals surface area contributed by atoms with E-state index in [1.807, 2.05) is 19.2 Å². The zero-order valence-electron chi connectivity index (χ0n) is 8.07. The van der Waals surface area contributed by atoms with Crippen LogP contribution in [-0.4, -0.2) is 16.7 Å². The van der Waals surface area contributed by atoms with Crippen molar-refractivity contribution in [2.24, 2.45) is 0 Å². The van der Waals surface area contributed by atoms with Crippen LogP contribution in [0.3, 0.4) is 0 Å². The molecule has 0 unspecified atom stereocenters. The zero-order chi connectivity index (χ0) is 10.1. The predicted octanol–water partition coefficient (Wildman–Crippen LogP) is 2.71. The van der Waals surface area contributed by atoms with Gasteiger partial charge < -0.3 is 9.84 Å². The molecule has 0 radical (unpaired) electrons. The summed E-state index contributed by atoms with van der Waals surface area (Å²) in [4.78, 5) is 4.31. The first-order valence-electron chi connectivity index (χ1n) is 4.43. The van der Waals surface area contributed by atoms with Crippen LogP contribution < -0.4 is 4.74 Å². The maximum absolute atomic E-state index is 9.68. The molecule has 0 aliphatic rings. The van der Waals surface area contributed by atoms with E-state index < -0.39 is 0 Å². The van der Waals surface area contributed by atoms with Crippen molar-refractivity contribution in [2.45, 2.75) is 13.8 Å². The maximum Gasteiger partial charge on any atom is 0.217 e. The van der Waals surface area contributed by atoms with Crippen LogP contribution in [0.5, 0.6) is 11.6 Å². The third-order valence-corrected chi connectivity index (χ3v) is 3.06. The van der Waals surface area contributed by atoms with Crippen molar-refractivity contribution in [3.63, 3.8) is 0 Å². The first kappa shape index (κ1) is 9.27. The molecule has 2 aromatic heterocycles. The minimum absolute atomic E-state index is 0.247. The van der Waals surface area contributed by atoms with Crippen LogP contribution in [0.4, 0.5) is 0 Å². The summed E-state index contributed by atoms with van der Waals surface area (Å²) in [5.41, 5.74) is 1.90. The molecule has 74 valence electrons. The van der Waals surface area contributed by atoms with Crippen molar-refractivity contribution in [3.8, 4) is 11.6 Å². The molecule has 0 spiro atoms. The van der Waals surface area contributed by atoms with E-state index in [9.17, 15) is 5.11 Å². The molecule has 0 atom stereocenters. The highest BCUT2D eigenvalue weighted by Gasteiger charge is 2.09. The fourth-order valence-electron chi connectivity index (χ4n) is 1.31. The third kappa shape index (κ3) is 1.42. The largest absolute Gasteiger partial charge is 0.506 e. The molecule has 4 heteroatoms. The van der Waals surface area contributed by atoms with Crippen LogP contribution in [0.2, 0.25) is 0 Å². The van der Waals surface area contributed by atoms with Gasteiger partial charge in [0.05, 0.1) is 16.8 Å². The molecule has 0 aliphatic heterocycles. The molecule has 0 aromatic carbocycles. The zero-order valence-corrected chi connectivity index (χ0v) is 8.89. The fraction of sp³-hybridized carbons (Fsp3) is 0.300. The SMILES string of the molecule is CCOc1cc(O)c2scc(C)c2n1. The maximum atomic E-state index is 9.68. The number of aromatic hydroxyl groups is 1. The smallest absolute Gasteiger partial charge is 0.217 e. The number of hydrogen-bond acceptors (Lipinski definition) is 4. The summed E-state index contributed by atoms with van der Waals surface area (Å²) in [6, 6.07) is 1.56. The van der Waals surface area contributed by atoms with Crippen LogP contribution in [0.25, 0.3) is 10.2 Å². The number of nitrogens with zero attached hydrogens (tertiary/aromatic N) is 1. The summed E-state index contributed by atoms with van der Waals surface area (Å²) in [6.45, 7) is 4.42. The molecule has 0 saturated carbocycles. The van der Waals surface area contributed by atoms with E-state index in [2.05, 4.69) is 4.98 Å². The highest BCUT2D eigenvalue weighted by atomic mass is 32.1. The van der Waals surface area contributed by atoms with Gasteiger partial charge in [-0.2, -0.15) is 0 Å². The molecule has 2 aromatic rings. The van der Waals surface area contributed by atoms with Crippen molar-refractivity contribution >= 4 is 21.6 Å². The summed E-state index contributed by atoms with van der Waals surface area (Å²) in [5.74, 6) is 0.732. The first-order valence-corrected chi connectivity index (χ1v) is 5.31. The van der Waals surface area contributed by atoms with E-state index in [4.69, 9.17) is 4.74 Å². The third-order valence-electron chi connectivity index (χ3n) is 1.95. The minimum Gasteiger partial charge on any atom is -0.506 e. The highest BCUT2D eigenvalue weighted by molar-refractivity contribution is 7.17. The second kappa shape index (κ2) is 3.46. The lowest BCUT2D eigenvalue weighted by molar-refractivity contribution is 0.326. The van der Waals surface area contributed by atoms with E-state index in [1.54, 1.807) is 6.07 Å². The van der Waals surface area contributed by atoms with Gasteiger partial charge in [-0.05, 0) is 24.8 Å². The number of aryl methyl sites for hydroxylation is 1. The summed E-state index contributed by atoms with van der Waals surface area (Å²) >= 11 is 1.50.